The van der Waals surface area contributed by atoms with Crippen molar-refractivity contribution in [2.75, 3.05) is 12.3 Å². The summed E-state index contributed by atoms with van der Waals surface area (Å²) in [6, 6.07) is 12.4. The quantitative estimate of drug-likeness (QED) is 0.324. The van der Waals surface area contributed by atoms with Gasteiger partial charge >= 0.3 is 13.7 Å². The highest BCUT2D eigenvalue weighted by Gasteiger charge is 2.65. The second-order valence-electron chi connectivity index (χ2n) is 9.57. The first-order chi connectivity index (χ1) is 18.5. The van der Waals surface area contributed by atoms with Gasteiger partial charge in [0.05, 0.1) is 12.3 Å². The number of benzene rings is 1. The van der Waals surface area contributed by atoms with Crippen molar-refractivity contribution in [3.8, 4) is 11.8 Å². The number of nitriles is 1. The molecule has 2 aliphatic heterocycles. The van der Waals surface area contributed by atoms with Crippen LogP contribution in [0.5, 0.6) is 5.75 Å². The molecule has 3 aromatic rings. The summed E-state index contributed by atoms with van der Waals surface area (Å²) in [7, 11) is -4.26. The SMILES string of the molecule is CC(N[P@](=O)(OC[C@H]1O[C@@](C#N)(c2ccc3c(N)ncnn23)[C@@H]2OC(C)(C)O[C@@H]21)Oc1ccccc1)C(=O)O. The molecule has 4 N–H and O–H groups in total. The molecule has 5 rings (SSSR count). The predicted octanol–water partition coefficient (Wildman–Crippen LogP) is 2.22. The minimum absolute atomic E-state index is 0.195. The van der Waals surface area contributed by atoms with E-state index in [4.69, 9.17) is 29.0 Å². The van der Waals surface area contributed by atoms with Crippen LogP contribution < -0.4 is 15.3 Å². The van der Waals surface area contributed by atoms with Crippen molar-refractivity contribution in [2.24, 2.45) is 0 Å². The second-order valence-corrected chi connectivity index (χ2v) is 11.3. The third-order valence-corrected chi connectivity index (χ3v) is 8.01. The van der Waals surface area contributed by atoms with Crippen LogP contribution in [-0.2, 0) is 33.7 Å². The fraction of sp³-hybridized carbons (Fsp3) is 0.417. The third-order valence-electron chi connectivity index (χ3n) is 6.36. The molecule has 206 valence electrons. The molecule has 39 heavy (non-hydrogen) atoms. The van der Waals surface area contributed by atoms with Crippen LogP contribution in [0, 0.1) is 11.3 Å². The molecule has 15 heteroatoms. The van der Waals surface area contributed by atoms with E-state index >= 15 is 0 Å². The van der Waals surface area contributed by atoms with E-state index in [1.54, 1.807) is 56.3 Å². The molecule has 14 nitrogen and oxygen atoms in total. The summed E-state index contributed by atoms with van der Waals surface area (Å²) < 4.78 is 44.9. The average molecular weight is 558 g/mol. The van der Waals surface area contributed by atoms with Crippen LogP contribution in [0.15, 0.2) is 48.8 Å². The number of carboxylic acid groups (broad SMARTS) is 1. The highest BCUT2D eigenvalue weighted by Crippen LogP contribution is 2.51. The zero-order chi connectivity index (χ0) is 28.0. The lowest BCUT2D eigenvalue weighted by molar-refractivity contribution is -0.204. The first-order valence-electron chi connectivity index (χ1n) is 12.0. The normalized spacial score (nSPS) is 27.9. The van der Waals surface area contributed by atoms with Gasteiger partial charge in [0.15, 0.2) is 11.6 Å². The number of nitrogen functional groups attached to an aromatic ring is 1. The Morgan fingerprint density at radius 2 is 2.03 bits per heavy atom. The molecule has 0 spiro atoms. The Kier molecular flexibility index (Phi) is 6.84. The molecular formula is C24H27N6O8P. The van der Waals surface area contributed by atoms with Gasteiger partial charge in [0.25, 0.3) is 0 Å². The lowest BCUT2D eigenvalue weighted by Gasteiger charge is -2.29. The van der Waals surface area contributed by atoms with E-state index in [1.165, 1.54) is 17.8 Å². The van der Waals surface area contributed by atoms with Gasteiger partial charge in [0, 0.05) is 0 Å². The van der Waals surface area contributed by atoms with Crippen LogP contribution in [0.1, 0.15) is 26.5 Å². The van der Waals surface area contributed by atoms with Crippen LogP contribution in [0.4, 0.5) is 5.82 Å². The standard InChI is InChI=1S/C24H27N6O8P/c1-14(22(31)32)29-39(33,38-15-7-5-4-6-8-15)34-11-17-19-20(37-23(2,3)36-19)24(12-25,35-17)18-10-9-16-21(26)27-13-28-30(16)18/h4-10,13-14,17,19-20H,11H2,1-3H3,(H,29,33)(H,31,32)(H2,26,27,28)/t14?,17-,19-,20-,24+,39+/m1/s1. The molecule has 0 bridgehead atoms. The fourth-order valence-corrected chi connectivity index (χ4v) is 6.15. The maximum atomic E-state index is 13.7. The van der Waals surface area contributed by atoms with E-state index in [9.17, 15) is 19.7 Å². The molecule has 1 unspecified atom stereocenters. The van der Waals surface area contributed by atoms with Crippen LogP contribution in [-0.4, -0.2) is 62.4 Å². The first kappa shape index (κ1) is 27.0. The minimum atomic E-state index is -4.26. The van der Waals surface area contributed by atoms with Crippen molar-refractivity contribution in [1.82, 2.24) is 19.7 Å². The Morgan fingerprint density at radius 3 is 2.72 bits per heavy atom. The number of nitrogens with zero attached hydrogens (tertiary/aromatic N) is 4. The number of fused-ring (bicyclic) bond motifs is 2. The van der Waals surface area contributed by atoms with Gasteiger partial charge in [0.2, 0.25) is 5.60 Å². The van der Waals surface area contributed by atoms with E-state index < -0.39 is 56.1 Å². The number of nitrogens with two attached hydrogens (primary N) is 1. The van der Waals surface area contributed by atoms with Crippen LogP contribution in [0.25, 0.3) is 5.52 Å². The molecule has 0 radical (unpaired) electrons. The molecule has 0 amide bonds. The fourth-order valence-electron chi connectivity index (χ4n) is 4.64. The summed E-state index contributed by atoms with van der Waals surface area (Å²) >= 11 is 0. The Balaban J connectivity index is 1.47. The number of rotatable bonds is 9. The number of carboxylic acids is 1. The smallest absolute Gasteiger partial charge is 0.459 e. The lowest BCUT2D eigenvalue weighted by Crippen LogP contribution is -2.40. The van der Waals surface area contributed by atoms with Gasteiger partial charge in [0.1, 0.15) is 48.0 Å². The number of aliphatic carboxylic acids is 1. The van der Waals surface area contributed by atoms with E-state index in [-0.39, 0.29) is 11.6 Å². The summed E-state index contributed by atoms with van der Waals surface area (Å²) in [5, 5.41) is 26.5. The Bertz CT molecular complexity index is 1480. The molecule has 6 atom stereocenters. The Morgan fingerprint density at radius 1 is 1.28 bits per heavy atom. The Hall–Kier alpha value is -3.57. The zero-order valence-electron chi connectivity index (χ0n) is 21.3. The van der Waals surface area contributed by atoms with E-state index in [0.717, 1.165) is 0 Å². The molecule has 0 saturated carbocycles. The molecule has 2 aromatic heterocycles. The molecular weight excluding hydrogens is 531 g/mol. The van der Waals surface area contributed by atoms with Crippen LogP contribution >= 0.6 is 7.75 Å². The topological polar surface area (TPSA) is 193 Å². The highest BCUT2D eigenvalue weighted by atomic mass is 31.2. The van der Waals surface area contributed by atoms with Crippen molar-refractivity contribution in [3.05, 3.63) is 54.5 Å². The predicted molar refractivity (Wildman–Crippen MR) is 134 cm³/mol. The van der Waals surface area contributed by atoms with Gasteiger partial charge in [-0.2, -0.15) is 15.4 Å². The summed E-state index contributed by atoms with van der Waals surface area (Å²) in [5.74, 6) is -1.94. The number of ether oxygens (including phenoxy) is 3. The van der Waals surface area contributed by atoms with E-state index in [0.29, 0.717) is 11.2 Å². The maximum Gasteiger partial charge on any atom is 0.459 e. The minimum Gasteiger partial charge on any atom is -0.480 e. The number of anilines is 1. The molecule has 0 aliphatic carbocycles. The van der Waals surface area contributed by atoms with Gasteiger partial charge in [-0.05, 0) is 45.0 Å². The summed E-state index contributed by atoms with van der Waals surface area (Å²) in [5.41, 5.74) is 5.06. The van der Waals surface area contributed by atoms with Gasteiger partial charge in [-0.25, -0.2) is 14.1 Å². The van der Waals surface area contributed by atoms with Crippen molar-refractivity contribution >= 4 is 25.1 Å². The third kappa shape index (κ3) is 4.96. The highest BCUT2D eigenvalue weighted by molar-refractivity contribution is 7.52. The second kappa shape index (κ2) is 9.87. The Labute approximate surface area is 223 Å². The van der Waals surface area contributed by atoms with Gasteiger partial charge in [-0.1, -0.05) is 18.2 Å². The lowest BCUT2D eigenvalue weighted by atomic mass is 9.92. The molecule has 2 saturated heterocycles. The number of nitrogens with one attached hydrogen (secondary N) is 1. The number of carbonyl (C=O) groups is 1. The number of aromatic nitrogens is 3. The average Bonchev–Trinajstić information content (AvgIpc) is 3.54. The van der Waals surface area contributed by atoms with E-state index in [2.05, 4.69) is 21.2 Å². The monoisotopic (exact) mass is 558 g/mol. The van der Waals surface area contributed by atoms with Gasteiger partial charge < -0.3 is 29.6 Å². The first-order valence-corrected chi connectivity index (χ1v) is 13.5. The van der Waals surface area contributed by atoms with Gasteiger partial charge in [-0.15, -0.1) is 0 Å². The molecule has 4 heterocycles. The number of hydrogen-bond acceptors (Lipinski definition) is 11. The summed E-state index contributed by atoms with van der Waals surface area (Å²) in [4.78, 5) is 15.5. The summed E-state index contributed by atoms with van der Waals surface area (Å²) in [6.45, 7) is 4.30. The molecule has 1 aromatic carbocycles. The van der Waals surface area contributed by atoms with Crippen molar-refractivity contribution in [1.29, 1.82) is 5.26 Å². The number of para-hydroxylation sites is 1. The van der Waals surface area contributed by atoms with Crippen LogP contribution in [0.3, 0.4) is 0 Å². The van der Waals surface area contributed by atoms with Gasteiger partial charge in [-0.3, -0.25) is 9.32 Å². The molecule has 2 aliphatic rings. The van der Waals surface area contributed by atoms with Crippen molar-refractivity contribution in [3.63, 3.8) is 0 Å². The maximum absolute atomic E-state index is 13.7. The summed E-state index contributed by atoms with van der Waals surface area (Å²) in [6.07, 6.45) is -1.48. The van der Waals surface area contributed by atoms with Crippen molar-refractivity contribution < 1.29 is 37.7 Å². The number of hydrogen-bond donors (Lipinski definition) is 3. The van der Waals surface area contributed by atoms with Crippen molar-refractivity contribution in [2.45, 2.75) is 56.5 Å². The molecule has 2 fully saturated rings. The zero-order valence-corrected chi connectivity index (χ0v) is 22.1. The van der Waals surface area contributed by atoms with Crippen LogP contribution in [0.2, 0.25) is 0 Å². The largest absolute Gasteiger partial charge is 0.480 e. The van der Waals surface area contributed by atoms with E-state index in [1.807, 2.05) is 0 Å².